The minimum Gasteiger partial charge on any atom is -0.385 e. The Labute approximate surface area is 109 Å². The van der Waals surface area contributed by atoms with Crippen LogP contribution < -0.4 is 10.6 Å². The van der Waals surface area contributed by atoms with E-state index in [0.717, 1.165) is 24.3 Å². The lowest BCUT2D eigenvalue weighted by Crippen LogP contribution is -2.28. The minimum absolute atomic E-state index is 0.0462. The molecule has 18 heavy (non-hydrogen) atoms. The van der Waals surface area contributed by atoms with Crippen LogP contribution in [0.5, 0.6) is 0 Å². The summed E-state index contributed by atoms with van der Waals surface area (Å²) in [6, 6.07) is 7.66. The molecular weight excluding hydrogens is 224 g/mol. The zero-order valence-corrected chi connectivity index (χ0v) is 11.0. The molecule has 0 atom stereocenters. The van der Waals surface area contributed by atoms with Crippen LogP contribution in [0.2, 0.25) is 0 Å². The van der Waals surface area contributed by atoms with Crippen molar-refractivity contribution in [2.24, 2.45) is 5.92 Å². The van der Waals surface area contributed by atoms with Gasteiger partial charge in [0.25, 0.3) is 5.91 Å². The van der Waals surface area contributed by atoms with Crippen molar-refractivity contribution < 1.29 is 4.79 Å². The van der Waals surface area contributed by atoms with Crippen LogP contribution in [0.15, 0.2) is 24.3 Å². The molecule has 3 heteroatoms. The van der Waals surface area contributed by atoms with Gasteiger partial charge in [-0.25, -0.2) is 0 Å². The fourth-order valence-corrected chi connectivity index (χ4v) is 2.50. The Kier molecular flexibility index (Phi) is 4.62. The maximum absolute atomic E-state index is 11.9. The highest BCUT2D eigenvalue weighted by molar-refractivity contribution is 5.94. The molecule has 1 amide bonds. The largest absolute Gasteiger partial charge is 0.385 e. The number of rotatable bonds is 5. The molecule has 98 valence electrons. The molecule has 3 nitrogen and oxygen atoms in total. The van der Waals surface area contributed by atoms with Crippen molar-refractivity contribution >= 4 is 11.6 Å². The summed E-state index contributed by atoms with van der Waals surface area (Å²) in [5, 5.41) is 6.25. The standard InChI is InChI=1S/C15H22N2O/c1-2-16-14-9-7-13(8-10-14)15(18)17-11-12-5-3-4-6-12/h7-10,12,16H,2-6,11H2,1H3,(H,17,18). The topological polar surface area (TPSA) is 41.1 Å². The normalized spacial score (nSPS) is 15.6. The van der Waals surface area contributed by atoms with E-state index < -0.39 is 0 Å². The number of amides is 1. The number of hydrogen-bond donors (Lipinski definition) is 2. The van der Waals surface area contributed by atoms with Gasteiger partial charge in [0.2, 0.25) is 0 Å². The molecule has 1 aliphatic rings. The first-order valence-corrected chi connectivity index (χ1v) is 6.91. The summed E-state index contributed by atoms with van der Waals surface area (Å²) in [7, 11) is 0. The van der Waals surface area contributed by atoms with E-state index in [2.05, 4.69) is 17.6 Å². The molecule has 0 unspecified atom stereocenters. The zero-order chi connectivity index (χ0) is 12.8. The molecule has 1 aromatic carbocycles. The molecule has 1 aromatic rings. The first-order chi connectivity index (χ1) is 8.79. The molecule has 1 fully saturated rings. The number of hydrogen-bond acceptors (Lipinski definition) is 2. The lowest BCUT2D eigenvalue weighted by molar-refractivity contribution is 0.0947. The van der Waals surface area contributed by atoms with Crippen molar-refractivity contribution in [1.29, 1.82) is 0 Å². The van der Waals surface area contributed by atoms with E-state index >= 15 is 0 Å². The van der Waals surface area contributed by atoms with Gasteiger partial charge in [0.15, 0.2) is 0 Å². The molecule has 0 bridgehead atoms. The van der Waals surface area contributed by atoms with Gasteiger partial charge in [0.05, 0.1) is 0 Å². The first-order valence-electron chi connectivity index (χ1n) is 6.91. The molecule has 0 spiro atoms. The van der Waals surface area contributed by atoms with Gasteiger partial charge in [-0.05, 0) is 49.9 Å². The molecular formula is C15H22N2O. The Morgan fingerprint density at radius 2 is 1.89 bits per heavy atom. The van der Waals surface area contributed by atoms with Crippen LogP contribution in [-0.2, 0) is 0 Å². The Hall–Kier alpha value is -1.51. The third kappa shape index (κ3) is 3.49. The Morgan fingerprint density at radius 3 is 2.50 bits per heavy atom. The van der Waals surface area contributed by atoms with E-state index in [0.29, 0.717) is 5.92 Å². The van der Waals surface area contributed by atoms with Gasteiger partial charge < -0.3 is 10.6 Å². The Bertz CT molecular complexity index is 380. The van der Waals surface area contributed by atoms with Gasteiger partial charge in [-0.1, -0.05) is 12.8 Å². The fourth-order valence-electron chi connectivity index (χ4n) is 2.50. The zero-order valence-electron chi connectivity index (χ0n) is 11.0. The second kappa shape index (κ2) is 6.43. The van der Waals surface area contributed by atoms with E-state index in [9.17, 15) is 4.79 Å². The second-order valence-electron chi connectivity index (χ2n) is 4.97. The Morgan fingerprint density at radius 1 is 1.22 bits per heavy atom. The number of carbonyl (C=O) groups excluding carboxylic acids is 1. The van der Waals surface area contributed by atoms with Gasteiger partial charge >= 0.3 is 0 Å². The van der Waals surface area contributed by atoms with Gasteiger partial charge in [0, 0.05) is 24.3 Å². The smallest absolute Gasteiger partial charge is 0.251 e. The molecule has 0 aliphatic heterocycles. The summed E-state index contributed by atoms with van der Waals surface area (Å²) in [5.41, 5.74) is 1.81. The maximum Gasteiger partial charge on any atom is 0.251 e. The van der Waals surface area contributed by atoms with Crippen molar-refractivity contribution in [2.45, 2.75) is 32.6 Å². The van der Waals surface area contributed by atoms with Crippen LogP contribution in [0.3, 0.4) is 0 Å². The fraction of sp³-hybridized carbons (Fsp3) is 0.533. The van der Waals surface area contributed by atoms with Crippen LogP contribution in [-0.4, -0.2) is 19.0 Å². The van der Waals surface area contributed by atoms with Crippen molar-refractivity contribution in [2.75, 3.05) is 18.4 Å². The predicted octanol–water partition coefficient (Wildman–Crippen LogP) is 3.04. The minimum atomic E-state index is 0.0462. The molecule has 2 rings (SSSR count). The van der Waals surface area contributed by atoms with Crippen LogP contribution in [0.4, 0.5) is 5.69 Å². The molecule has 0 heterocycles. The summed E-state index contributed by atoms with van der Waals surface area (Å²) in [5.74, 6) is 0.736. The Balaban J connectivity index is 1.83. The highest BCUT2D eigenvalue weighted by atomic mass is 16.1. The summed E-state index contributed by atoms with van der Waals surface area (Å²) in [6.07, 6.45) is 5.16. The van der Waals surface area contributed by atoms with Gasteiger partial charge in [-0.3, -0.25) is 4.79 Å². The van der Waals surface area contributed by atoms with E-state index in [1.807, 2.05) is 24.3 Å². The van der Waals surface area contributed by atoms with Crippen LogP contribution in [0, 0.1) is 5.92 Å². The highest BCUT2D eigenvalue weighted by Gasteiger charge is 2.15. The van der Waals surface area contributed by atoms with Crippen molar-refractivity contribution in [1.82, 2.24) is 5.32 Å². The number of benzene rings is 1. The van der Waals surface area contributed by atoms with Crippen molar-refractivity contribution in [3.8, 4) is 0 Å². The van der Waals surface area contributed by atoms with Gasteiger partial charge in [-0.15, -0.1) is 0 Å². The molecule has 2 N–H and O–H groups in total. The van der Waals surface area contributed by atoms with E-state index in [-0.39, 0.29) is 5.91 Å². The summed E-state index contributed by atoms with van der Waals surface area (Å²) < 4.78 is 0. The van der Waals surface area contributed by atoms with Crippen molar-refractivity contribution in [3.05, 3.63) is 29.8 Å². The average Bonchev–Trinajstić information content (AvgIpc) is 2.90. The van der Waals surface area contributed by atoms with E-state index in [1.165, 1.54) is 25.7 Å². The lowest BCUT2D eigenvalue weighted by atomic mass is 10.1. The maximum atomic E-state index is 11.9. The highest BCUT2D eigenvalue weighted by Crippen LogP contribution is 2.23. The third-order valence-electron chi connectivity index (χ3n) is 3.55. The number of nitrogens with one attached hydrogen (secondary N) is 2. The number of anilines is 1. The SMILES string of the molecule is CCNc1ccc(C(=O)NCC2CCCC2)cc1. The summed E-state index contributed by atoms with van der Waals surface area (Å²) >= 11 is 0. The monoisotopic (exact) mass is 246 g/mol. The lowest BCUT2D eigenvalue weighted by Gasteiger charge is -2.11. The van der Waals surface area contributed by atoms with Crippen molar-refractivity contribution in [3.63, 3.8) is 0 Å². The van der Waals surface area contributed by atoms with Crippen LogP contribution >= 0.6 is 0 Å². The van der Waals surface area contributed by atoms with E-state index in [4.69, 9.17) is 0 Å². The third-order valence-corrected chi connectivity index (χ3v) is 3.55. The van der Waals surface area contributed by atoms with Gasteiger partial charge in [-0.2, -0.15) is 0 Å². The molecule has 0 saturated heterocycles. The first kappa shape index (κ1) is 12.9. The quantitative estimate of drug-likeness (QED) is 0.838. The van der Waals surface area contributed by atoms with Gasteiger partial charge in [0.1, 0.15) is 0 Å². The summed E-state index contributed by atoms with van der Waals surface area (Å²) in [4.78, 5) is 11.9. The molecule has 1 saturated carbocycles. The predicted molar refractivity (Wildman–Crippen MR) is 74.9 cm³/mol. The van der Waals surface area contributed by atoms with E-state index in [1.54, 1.807) is 0 Å². The molecule has 1 aliphatic carbocycles. The average molecular weight is 246 g/mol. The van der Waals surface area contributed by atoms with Crippen LogP contribution in [0.1, 0.15) is 43.0 Å². The summed E-state index contributed by atoms with van der Waals surface area (Å²) in [6.45, 7) is 3.78. The molecule has 0 radical (unpaired) electrons. The van der Waals surface area contributed by atoms with Crippen LogP contribution in [0.25, 0.3) is 0 Å². The molecule has 0 aromatic heterocycles. The number of carbonyl (C=O) groups is 1. The second-order valence-corrected chi connectivity index (χ2v) is 4.97.